The normalized spacial score (nSPS) is 10.0. The van der Waals surface area contributed by atoms with Gasteiger partial charge < -0.3 is 14.9 Å². The summed E-state index contributed by atoms with van der Waals surface area (Å²) in [4.78, 5) is 0. The molecule has 0 amide bonds. The molecule has 0 saturated heterocycles. The van der Waals surface area contributed by atoms with Crippen molar-refractivity contribution in [1.29, 1.82) is 0 Å². The van der Waals surface area contributed by atoms with Gasteiger partial charge in [0.1, 0.15) is 5.75 Å². The van der Waals surface area contributed by atoms with Crippen LogP contribution in [0.4, 0.5) is 0 Å². The number of alkyl halides is 1. The average Bonchev–Trinajstić information content (AvgIpc) is 2.11. The lowest BCUT2D eigenvalue weighted by Gasteiger charge is -2.09. The highest BCUT2D eigenvalue weighted by atomic mass is 79.9. The first-order valence-electron chi connectivity index (χ1n) is 3.92. The quantitative estimate of drug-likeness (QED) is 0.636. The van der Waals surface area contributed by atoms with Crippen molar-refractivity contribution in [3.8, 4) is 17.2 Å². The second-order valence-corrected chi connectivity index (χ2v) is 3.08. The molecule has 0 aliphatic carbocycles. The molecule has 1 aromatic rings. The zero-order chi connectivity index (χ0) is 9.84. The lowest BCUT2D eigenvalue weighted by molar-refractivity contribution is 0.332. The van der Waals surface area contributed by atoms with E-state index in [1.165, 1.54) is 12.1 Å². The van der Waals surface area contributed by atoms with Crippen molar-refractivity contribution in [2.75, 3.05) is 6.61 Å². The molecule has 0 aliphatic heterocycles. The van der Waals surface area contributed by atoms with E-state index in [0.29, 0.717) is 17.7 Å². The fraction of sp³-hybridized carbons (Fsp3) is 0.333. The summed E-state index contributed by atoms with van der Waals surface area (Å²) in [6.07, 6.45) is 0. The second-order valence-electron chi connectivity index (χ2n) is 2.52. The Morgan fingerprint density at radius 2 is 1.92 bits per heavy atom. The summed E-state index contributed by atoms with van der Waals surface area (Å²) < 4.78 is 5.26. The lowest BCUT2D eigenvalue weighted by Crippen LogP contribution is -1.94. The molecule has 0 fully saturated rings. The van der Waals surface area contributed by atoms with Crippen LogP contribution in [-0.4, -0.2) is 16.8 Å². The zero-order valence-corrected chi connectivity index (χ0v) is 8.84. The van der Waals surface area contributed by atoms with Crippen molar-refractivity contribution >= 4 is 15.9 Å². The number of aromatic hydroxyl groups is 2. The molecule has 3 nitrogen and oxygen atoms in total. The third-order valence-corrected chi connectivity index (χ3v) is 2.21. The van der Waals surface area contributed by atoms with E-state index in [-0.39, 0.29) is 11.5 Å². The minimum atomic E-state index is -0.159. The van der Waals surface area contributed by atoms with Crippen molar-refractivity contribution in [2.45, 2.75) is 12.3 Å². The fourth-order valence-electron chi connectivity index (χ4n) is 0.995. The van der Waals surface area contributed by atoms with Crippen LogP contribution in [0.3, 0.4) is 0 Å². The molecule has 1 rings (SSSR count). The van der Waals surface area contributed by atoms with Crippen molar-refractivity contribution in [3.63, 3.8) is 0 Å². The second kappa shape index (κ2) is 4.37. The molecular weight excluding hydrogens is 236 g/mol. The summed E-state index contributed by atoms with van der Waals surface area (Å²) in [5, 5.41) is 19.0. The third kappa shape index (κ3) is 2.28. The summed E-state index contributed by atoms with van der Waals surface area (Å²) >= 11 is 3.26. The van der Waals surface area contributed by atoms with E-state index in [2.05, 4.69) is 15.9 Å². The van der Waals surface area contributed by atoms with E-state index in [1.54, 1.807) is 0 Å². The maximum atomic E-state index is 9.20. The van der Waals surface area contributed by atoms with Gasteiger partial charge in [-0.3, -0.25) is 0 Å². The molecule has 0 radical (unpaired) electrons. The van der Waals surface area contributed by atoms with Crippen LogP contribution in [0, 0.1) is 0 Å². The van der Waals surface area contributed by atoms with Crippen LogP contribution in [0.5, 0.6) is 17.2 Å². The molecule has 0 unspecified atom stereocenters. The fourth-order valence-corrected chi connectivity index (χ4v) is 1.43. The lowest BCUT2D eigenvalue weighted by atomic mass is 10.2. The number of phenols is 2. The van der Waals surface area contributed by atoms with Gasteiger partial charge in [-0.25, -0.2) is 0 Å². The maximum absolute atomic E-state index is 9.20. The predicted octanol–water partition coefficient (Wildman–Crippen LogP) is 2.39. The van der Waals surface area contributed by atoms with Crippen LogP contribution in [-0.2, 0) is 5.33 Å². The average molecular weight is 247 g/mol. The Morgan fingerprint density at radius 1 is 1.31 bits per heavy atom. The highest BCUT2D eigenvalue weighted by Crippen LogP contribution is 2.33. The smallest absolute Gasteiger partial charge is 0.161 e. The van der Waals surface area contributed by atoms with Crippen LogP contribution >= 0.6 is 15.9 Å². The topological polar surface area (TPSA) is 49.7 Å². The number of rotatable bonds is 3. The van der Waals surface area contributed by atoms with Gasteiger partial charge in [-0.05, 0) is 13.0 Å². The Bertz CT molecular complexity index is 299. The molecular formula is C9H11BrO3. The van der Waals surface area contributed by atoms with Gasteiger partial charge in [0.15, 0.2) is 11.5 Å². The van der Waals surface area contributed by atoms with E-state index in [9.17, 15) is 10.2 Å². The number of phenolic OH excluding ortho intramolecular Hbond substituents is 2. The van der Waals surface area contributed by atoms with E-state index in [1.807, 2.05) is 6.92 Å². The molecule has 0 saturated carbocycles. The van der Waals surface area contributed by atoms with Gasteiger partial charge in [0.2, 0.25) is 0 Å². The van der Waals surface area contributed by atoms with Gasteiger partial charge in [-0.2, -0.15) is 0 Å². The van der Waals surface area contributed by atoms with Gasteiger partial charge in [0.25, 0.3) is 0 Å². The molecule has 0 aliphatic rings. The molecule has 13 heavy (non-hydrogen) atoms. The van der Waals surface area contributed by atoms with E-state index in [4.69, 9.17) is 4.74 Å². The Morgan fingerprint density at radius 3 is 2.46 bits per heavy atom. The molecule has 0 spiro atoms. The number of hydrogen-bond acceptors (Lipinski definition) is 3. The van der Waals surface area contributed by atoms with Gasteiger partial charge in [-0.1, -0.05) is 15.9 Å². The van der Waals surface area contributed by atoms with Crippen LogP contribution < -0.4 is 4.74 Å². The molecule has 4 heteroatoms. The van der Waals surface area contributed by atoms with Crippen LogP contribution in [0.15, 0.2) is 12.1 Å². The Hall–Kier alpha value is -0.900. The van der Waals surface area contributed by atoms with Crippen molar-refractivity contribution < 1.29 is 14.9 Å². The molecule has 1 aromatic carbocycles. The first-order valence-corrected chi connectivity index (χ1v) is 5.04. The third-order valence-electron chi connectivity index (χ3n) is 1.60. The SMILES string of the molecule is CCOc1cc(O)c(O)cc1CBr. The summed E-state index contributed by atoms with van der Waals surface area (Å²) in [6, 6.07) is 2.89. The number of benzene rings is 1. The molecule has 0 aromatic heterocycles. The first-order chi connectivity index (χ1) is 6.19. The van der Waals surface area contributed by atoms with Gasteiger partial charge >= 0.3 is 0 Å². The van der Waals surface area contributed by atoms with Crippen LogP contribution in [0.1, 0.15) is 12.5 Å². The highest BCUT2D eigenvalue weighted by molar-refractivity contribution is 9.08. The predicted molar refractivity (Wildman–Crippen MR) is 53.6 cm³/mol. The van der Waals surface area contributed by atoms with Crippen molar-refractivity contribution in [3.05, 3.63) is 17.7 Å². The minimum absolute atomic E-state index is 0.127. The summed E-state index contributed by atoms with van der Waals surface area (Å²) in [5.74, 6) is 0.306. The van der Waals surface area contributed by atoms with Gasteiger partial charge in [0, 0.05) is 17.0 Å². The monoisotopic (exact) mass is 246 g/mol. The highest BCUT2D eigenvalue weighted by Gasteiger charge is 2.07. The summed E-state index contributed by atoms with van der Waals surface area (Å²) in [7, 11) is 0. The number of hydrogen-bond donors (Lipinski definition) is 2. The van der Waals surface area contributed by atoms with E-state index < -0.39 is 0 Å². The minimum Gasteiger partial charge on any atom is -0.504 e. The van der Waals surface area contributed by atoms with Crippen molar-refractivity contribution in [2.24, 2.45) is 0 Å². The molecule has 0 atom stereocenters. The zero-order valence-electron chi connectivity index (χ0n) is 7.25. The first kappa shape index (κ1) is 10.2. The Kier molecular flexibility index (Phi) is 3.42. The largest absolute Gasteiger partial charge is 0.504 e. The molecule has 2 N–H and O–H groups in total. The molecule has 72 valence electrons. The molecule has 0 heterocycles. The Balaban J connectivity index is 3.09. The Labute approximate surface area is 85.1 Å². The number of halogens is 1. The van der Waals surface area contributed by atoms with Gasteiger partial charge in [-0.15, -0.1) is 0 Å². The molecule has 0 bridgehead atoms. The number of ether oxygens (including phenoxy) is 1. The van der Waals surface area contributed by atoms with E-state index >= 15 is 0 Å². The summed E-state index contributed by atoms with van der Waals surface area (Å²) in [6.45, 7) is 2.39. The van der Waals surface area contributed by atoms with Gasteiger partial charge in [0.05, 0.1) is 6.61 Å². The van der Waals surface area contributed by atoms with Crippen molar-refractivity contribution in [1.82, 2.24) is 0 Å². The maximum Gasteiger partial charge on any atom is 0.161 e. The van der Waals surface area contributed by atoms with Crippen LogP contribution in [0.2, 0.25) is 0 Å². The van der Waals surface area contributed by atoms with E-state index in [0.717, 1.165) is 5.56 Å². The summed E-state index contributed by atoms with van der Waals surface area (Å²) in [5.41, 5.74) is 0.817. The van der Waals surface area contributed by atoms with Crippen LogP contribution in [0.25, 0.3) is 0 Å². The standard InChI is InChI=1S/C9H11BrO3/c1-2-13-9-4-8(12)7(11)3-6(9)5-10/h3-4,11-12H,2,5H2,1H3.